The lowest BCUT2D eigenvalue weighted by Gasteiger charge is -2.39. The van der Waals surface area contributed by atoms with Crippen LogP contribution in [0, 0.1) is 11.3 Å². The largest absolute Gasteiger partial charge is 0.346 e. The van der Waals surface area contributed by atoms with E-state index in [9.17, 15) is 4.79 Å². The fourth-order valence-electron chi connectivity index (χ4n) is 4.46. The molecule has 1 saturated carbocycles. The Balaban J connectivity index is 1.96. The summed E-state index contributed by atoms with van der Waals surface area (Å²) in [5.41, 5.74) is 2.92. The number of H-pyrrole nitrogens is 2. The van der Waals surface area contributed by atoms with Gasteiger partial charge >= 0.3 is 5.69 Å². The summed E-state index contributed by atoms with van der Waals surface area (Å²) in [6.07, 6.45) is 6.96. The van der Waals surface area contributed by atoms with Crippen molar-refractivity contribution in [1.82, 2.24) is 19.5 Å². The van der Waals surface area contributed by atoms with Crippen LogP contribution in [0.25, 0.3) is 22.1 Å². The Bertz CT molecular complexity index is 898. The molecule has 0 aromatic carbocycles. The Labute approximate surface area is 128 Å². The number of nitrogens with zero attached hydrogens (tertiary/aromatic N) is 2. The van der Waals surface area contributed by atoms with Gasteiger partial charge in [-0.05, 0) is 36.7 Å². The summed E-state index contributed by atoms with van der Waals surface area (Å²) in [6, 6.07) is 2.26. The first kappa shape index (κ1) is 13.6. The molecule has 1 aliphatic carbocycles. The van der Waals surface area contributed by atoms with Crippen LogP contribution in [0.1, 0.15) is 46.1 Å². The van der Waals surface area contributed by atoms with Gasteiger partial charge in [-0.25, -0.2) is 9.78 Å². The van der Waals surface area contributed by atoms with Gasteiger partial charge in [-0.3, -0.25) is 4.57 Å². The fourth-order valence-corrected chi connectivity index (χ4v) is 4.46. The van der Waals surface area contributed by atoms with E-state index in [0.29, 0.717) is 5.92 Å². The molecule has 0 saturated heterocycles. The van der Waals surface area contributed by atoms with E-state index >= 15 is 0 Å². The molecule has 0 aliphatic heterocycles. The molecule has 0 amide bonds. The smallest absolute Gasteiger partial charge is 0.326 e. The highest BCUT2D eigenvalue weighted by Crippen LogP contribution is 2.44. The second-order valence-electron chi connectivity index (χ2n) is 7.63. The molecular formula is C17H22N4O. The minimum absolute atomic E-state index is 0.0135. The van der Waals surface area contributed by atoms with Crippen LogP contribution in [0.4, 0.5) is 0 Å². The van der Waals surface area contributed by atoms with Crippen LogP contribution in [-0.2, 0) is 0 Å². The van der Waals surface area contributed by atoms with Gasteiger partial charge in [0.15, 0.2) is 0 Å². The summed E-state index contributed by atoms with van der Waals surface area (Å²) in [6.45, 7) is 6.91. The van der Waals surface area contributed by atoms with E-state index in [1.54, 1.807) is 6.20 Å². The van der Waals surface area contributed by atoms with E-state index in [1.165, 1.54) is 6.42 Å². The van der Waals surface area contributed by atoms with Crippen LogP contribution < -0.4 is 5.69 Å². The number of pyridine rings is 1. The van der Waals surface area contributed by atoms with E-state index in [4.69, 9.17) is 0 Å². The Morgan fingerprint density at radius 2 is 2.18 bits per heavy atom. The van der Waals surface area contributed by atoms with Gasteiger partial charge in [-0.1, -0.05) is 20.8 Å². The predicted octanol–water partition coefficient (Wildman–Crippen LogP) is 3.59. The quantitative estimate of drug-likeness (QED) is 0.721. The third-order valence-electron chi connectivity index (χ3n) is 4.99. The maximum absolute atomic E-state index is 12.6. The fraction of sp³-hybridized carbons (Fsp3) is 0.529. The van der Waals surface area contributed by atoms with Crippen LogP contribution in [0.15, 0.2) is 23.3 Å². The Kier molecular flexibility index (Phi) is 2.77. The monoisotopic (exact) mass is 298 g/mol. The van der Waals surface area contributed by atoms with Crippen molar-refractivity contribution >= 4 is 22.1 Å². The molecule has 1 aliphatic rings. The zero-order valence-corrected chi connectivity index (χ0v) is 13.3. The molecule has 5 heteroatoms. The minimum Gasteiger partial charge on any atom is -0.346 e. The molecule has 0 bridgehead atoms. The maximum atomic E-state index is 12.6. The molecule has 3 heterocycles. The van der Waals surface area contributed by atoms with Crippen LogP contribution in [0.3, 0.4) is 0 Å². The van der Waals surface area contributed by atoms with Crippen molar-refractivity contribution in [3.05, 3.63) is 28.9 Å². The van der Waals surface area contributed by atoms with Crippen LogP contribution in [0.5, 0.6) is 0 Å². The van der Waals surface area contributed by atoms with Crippen molar-refractivity contribution in [3.63, 3.8) is 0 Å². The SMILES string of the molecule is CC1CC(n2c(=O)[nH]c3cnc4[nH]ccc4c32)CC(C)(C)C1. The lowest BCUT2D eigenvalue weighted by atomic mass is 9.70. The summed E-state index contributed by atoms with van der Waals surface area (Å²) in [5.74, 6) is 0.633. The van der Waals surface area contributed by atoms with Crippen molar-refractivity contribution in [2.24, 2.45) is 11.3 Å². The molecule has 3 aromatic rings. The molecule has 4 rings (SSSR count). The summed E-state index contributed by atoms with van der Waals surface area (Å²) in [7, 11) is 0. The zero-order chi connectivity index (χ0) is 15.5. The predicted molar refractivity (Wildman–Crippen MR) is 88.0 cm³/mol. The number of rotatable bonds is 1. The van der Waals surface area contributed by atoms with Gasteiger partial charge in [-0.15, -0.1) is 0 Å². The highest BCUT2D eigenvalue weighted by Gasteiger charge is 2.34. The Hall–Kier alpha value is -2.04. The van der Waals surface area contributed by atoms with Gasteiger partial charge in [0, 0.05) is 17.6 Å². The van der Waals surface area contributed by atoms with Gasteiger partial charge in [0.1, 0.15) is 5.65 Å². The normalized spacial score (nSPS) is 25.0. The van der Waals surface area contributed by atoms with E-state index in [-0.39, 0.29) is 17.1 Å². The van der Waals surface area contributed by atoms with Gasteiger partial charge in [-0.2, -0.15) is 0 Å². The minimum atomic E-state index is -0.0135. The highest BCUT2D eigenvalue weighted by molar-refractivity contribution is 6.00. The van der Waals surface area contributed by atoms with E-state index in [0.717, 1.165) is 34.9 Å². The van der Waals surface area contributed by atoms with Gasteiger partial charge < -0.3 is 9.97 Å². The van der Waals surface area contributed by atoms with Crippen LogP contribution >= 0.6 is 0 Å². The summed E-state index contributed by atoms with van der Waals surface area (Å²) < 4.78 is 1.98. The topological polar surface area (TPSA) is 66.5 Å². The molecule has 116 valence electrons. The molecular weight excluding hydrogens is 276 g/mol. The number of imidazole rings is 1. The lowest BCUT2D eigenvalue weighted by molar-refractivity contribution is 0.137. The second kappa shape index (κ2) is 4.48. The number of aromatic amines is 2. The first-order valence-corrected chi connectivity index (χ1v) is 8.01. The summed E-state index contributed by atoms with van der Waals surface area (Å²) in [4.78, 5) is 23.1. The van der Waals surface area contributed by atoms with Gasteiger partial charge in [0.05, 0.1) is 17.2 Å². The van der Waals surface area contributed by atoms with E-state index < -0.39 is 0 Å². The van der Waals surface area contributed by atoms with Gasteiger partial charge in [0.25, 0.3) is 0 Å². The Morgan fingerprint density at radius 3 is 2.95 bits per heavy atom. The first-order chi connectivity index (χ1) is 10.4. The van der Waals surface area contributed by atoms with Crippen molar-refractivity contribution in [1.29, 1.82) is 0 Å². The first-order valence-electron chi connectivity index (χ1n) is 8.01. The molecule has 2 N–H and O–H groups in total. The van der Waals surface area contributed by atoms with E-state index in [1.807, 2.05) is 16.8 Å². The third-order valence-corrected chi connectivity index (χ3v) is 4.99. The molecule has 5 nitrogen and oxygen atoms in total. The van der Waals surface area contributed by atoms with Crippen LogP contribution in [-0.4, -0.2) is 19.5 Å². The standard InChI is InChI=1S/C17H22N4O/c1-10-6-11(8-17(2,3)7-10)21-14-12-4-5-18-15(12)19-9-13(14)20-16(21)22/h4-5,9-11H,6-8H2,1-3H3,(H,18,19)(H,20,22). The summed E-state index contributed by atoms with van der Waals surface area (Å²) >= 11 is 0. The molecule has 22 heavy (non-hydrogen) atoms. The van der Waals surface area contributed by atoms with Crippen molar-refractivity contribution in [2.45, 2.75) is 46.1 Å². The van der Waals surface area contributed by atoms with E-state index in [2.05, 4.69) is 35.7 Å². The molecule has 1 fully saturated rings. The lowest BCUT2D eigenvalue weighted by Crippen LogP contribution is -2.33. The Morgan fingerprint density at radius 1 is 1.36 bits per heavy atom. The van der Waals surface area contributed by atoms with Crippen molar-refractivity contribution in [3.8, 4) is 0 Å². The average Bonchev–Trinajstić information content (AvgIpc) is 2.98. The molecule has 0 radical (unpaired) electrons. The number of hydrogen-bond acceptors (Lipinski definition) is 2. The number of fused-ring (bicyclic) bond motifs is 3. The molecule has 3 aromatic heterocycles. The second-order valence-corrected chi connectivity index (χ2v) is 7.63. The van der Waals surface area contributed by atoms with Crippen LogP contribution in [0.2, 0.25) is 0 Å². The molecule has 2 unspecified atom stereocenters. The molecule has 2 atom stereocenters. The van der Waals surface area contributed by atoms with Gasteiger partial charge in [0.2, 0.25) is 0 Å². The van der Waals surface area contributed by atoms with Crippen molar-refractivity contribution in [2.75, 3.05) is 0 Å². The van der Waals surface area contributed by atoms with Crippen molar-refractivity contribution < 1.29 is 0 Å². The average molecular weight is 298 g/mol. The maximum Gasteiger partial charge on any atom is 0.326 e. The number of aromatic nitrogens is 4. The molecule has 0 spiro atoms. The highest BCUT2D eigenvalue weighted by atomic mass is 16.1. The third kappa shape index (κ3) is 1.99. The zero-order valence-electron chi connectivity index (χ0n) is 13.3. The number of nitrogens with one attached hydrogen (secondary N) is 2. The summed E-state index contributed by atoms with van der Waals surface area (Å²) in [5, 5.41) is 1.02. The number of hydrogen-bond donors (Lipinski definition) is 2.